The average molecular weight is 198 g/mol. The largest absolute Gasteiger partial charge is 0.371 e. The summed E-state index contributed by atoms with van der Waals surface area (Å²) in [5.74, 6) is 1.09. The van der Waals surface area contributed by atoms with E-state index < -0.39 is 0 Å². The van der Waals surface area contributed by atoms with Crippen LogP contribution in [-0.2, 0) is 9.53 Å². The molecule has 1 saturated carbocycles. The predicted molar refractivity (Wildman–Crippen MR) is 57.3 cm³/mol. The van der Waals surface area contributed by atoms with E-state index in [-0.39, 0.29) is 11.9 Å². The molecule has 0 radical (unpaired) electrons. The van der Waals surface area contributed by atoms with E-state index in [9.17, 15) is 4.79 Å². The van der Waals surface area contributed by atoms with Crippen molar-refractivity contribution in [2.24, 2.45) is 5.92 Å². The summed E-state index contributed by atoms with van der Waals surface area (Å²) in [4.78, 5) is 11.4. The summed E-state index contributed by atoms with van der Waals surface area (Å²) in [6, 6.07) is 0. The number of ether oxygens (including phenoxy) is 1. The molecule has 0 spiro atoms. The first kappa shape index (κ1) is 11.7. The molecular weight excluding hydrogens is 176 g/mol. The molecule has 0 bridgehead atoms. The number of ketones is 1. The third-order valence-electron chi connectivity index (χ3n) is 2.88. The average Bonchev–Trinajstić information content (AvgIpc) is 2.63. The van der Waals surface area contributed by atoms with Gasteiger partial charge in [0.2, 0.25) is 0 Å². The summed E-state index contributed by atoms with van der Waals surface area (Å²) in [6.07, 6.45) is 7.36. The number of rotatable bonds is 6. The number of hydrogen-bond donors (Lipinski definition) is 0. The normalized spacial score (nSPS) is 17.9. The van der Waals surface area contributed by atoms with Gasteiger partial charge in [-0.15, -0.1) is 0 Å². The van der Waals surface area contributed by atoms with Crippen LogP contribution < -0.4 is 0 Å². The van der Waals surface area contributed by atoms with Crippen LogP contribution in [0.15, 0.2) is 0 Å². The lowest BCUT2D eigenvalue weighted by Gasteiger charge is -2.09. The molecule has 1 aliphatic rings. The molecule has 0 N–H and O–H groups in total. The predicted octanol–water partition coefficient (Wildman–Crippen LogP) is 2.95. The SMILES string of the molecule is CC(C)OCC(=O)CCC1CCCC1. The van der Waals surface area contributed by atoms with Crippen molar-refractivity contribution in [3.05, 3.63) is 0 Å². The maximum Gasteiger partial charge on any atom is 0.158 e. The van der Waals surface area contributed by atoms with Crippen molar-refractivity contribution in [3.63, 3.8) is 0 Å². The smallest absolute Gasteiger partial charge is 0.158 e. The Morgan fingerprint density at radius 1 is 1.36 bits per heavy atom. The van der Waals surface area contributed by atoms with Gasteiger partial charge in [-0.05, 0) is 26.2 Å². The van der Waals surface area contributed by atoms with Gasteiger partial charge in [-0.25, -0.2) is 0 Å². The molecule has 14 heavy (non-hydrogen) atoms. The van der Waals surface area contributed by atoms with Crippen LogP contribution in [0.2, 0.25) is 0 Å². The molecule has 1 fully saturated rings. The first-order valence-corrected chi connectivity index (χ1v) is 5.82. The highest BCUT2D eigenvalue weighted by Gasteiger charge is 2.16. The second-order valence-electron chi connectivity index (χ2n) is 4.59. The van der Waals surface area contributed by atoms with Crippen LogP contribution in [0.5, 0.6) is 0 Å². The van der Waals surface area contributed by atoms with Gasteiger partial charge in [0.25, 0.3) is 0 Å². The zero-order chi connectivity index (χ0) is 10.4. The molecule has 0 aromatic heterocycles. The van der Waals surface area contributed by atoms with Crippen LogP contribution in [0.25, 0.3) is 0 Å². The van der Waals surface area contributed by atoms with Gasteiger partial charge in [-0.1, -0.05) is 25.7 Å². The quantitative estimate of drug-likeness (QED) is 0.656. The van der Waals surface area contributed by atoms with Crippen LogP contribution in [0, 0.1) is 5.92 Å². The summed E-state index contributed by atoms with van der Waals surface area (Å²) >= 11 is 0. The Morgan fingerprint density at radius 2 is 2.00 bits per heavy atom. The van der Waals surface area contributed by atoms with Gasteiger partial charge in [0.15, 0.2) is 5.78 Å². The monoisotopic (exact) mass is 198 g/mol. The molecule has 0 aromatic rings. The Hall–Kier alpha value is -0.370. The standard InChI is InChI=1S/C12H22O2/c1-10(2)14-9-12(13)8-7-11-5-3-4-6-11/h10-11H,3-9H2,1-2H3. The summed E-state index contributed by atoms with van der Waals surface area (Å²) in [7, 11) is 0. The van der Waals surface area contributed by atoms with Crippen molar-refractivity contribution in [1.82, 2.24) is 0 Å². The number of Topliss-reactive ketones (excluding diaryl/α,β-unsaturated/α-hetero) is 1. The third kappa shape index (κ3) is 4.75. The van der Waals surface area contributed by atoms with Crippen molar-refractivity contribution in [1.29, 1.82) is 0 Å². The molecule has 0 heterocycles. The van der Waals surface area contributed by atoms with Gasteiger partial charge in [0, 0.05) is 6.42 Å². The topological polar surface area (TPSA) is 26.3 Å². The lowest BCUT2D eigenvalue weighted by Crippen LogP contribution is -2.13. The molecule has 0 aromatic carbocycles. The third-order valence-corrected chi connectivity index (χ3v) is 2.88. The molecular formula is C12H22O2. The minimum absolute atomic E-state index is 0.172. The van der Waals surface area contributed by atoms with E-state index in [1.807, 2.05) is 13.8 Å². The Balaban J connectivity index is 2.02. The lowest BCUT2D eigenvalue weighted by molar-refractivity contribution is -0.125. The van der Waals surface area contributed by atoms with Gasteiger partial charge in [-0.3, -0.25) is 4.79 Å². The first-order valence-electron chi connectivity index (χ1n) is 5.82. The highest BCUT2D eigenvalue weighted by Crippen LogP contribution is 2.28. The van der Waals surface area contributed by atoms with Gasteiger partial charge in [0.05, 0.1) is 6.10 Å². The number of hydrogen-bond acceptors (Lipinski definition) is 2. The molecule has 0 amide bonds. The van der Waals surface area contributed by atoms with E-state index in [4.69, 9.17) is 4.74 Å². The highest BCUT2D eigenvalue weighted by molar-refractivity contribution is 5.79. The fourth-order valence-corrected chi connectivity index (χ4v) is 2.00. The van der Waals surface area contributed by atoms with E-state index >= 15 is 0 Å². The molecule has 1 rings (SSSR count). The molecule has 2 nitrogen and oxygen atoms in total. The van der Waals surface area contributed by atoms with Crippen LogP contribution in [0.3, 0.4) is 0 Å². The Bertz CT molecular complexity index is 169. The van der Waals surface area contributed by atoms with Crippen molar-refractivity contribution >= 4 is 5.78 Å². The number of carbonyl (C=O) groups excluding carboxylic acids is 1. The van der Waals surface area contributed by atoms with E-state index in [1.165, 1.54) is 25.7 Å². The maximum absolute atomic E-state index is 11.4. The molecule has 0 atom stereocenters. The van der Waals surface area contributed by atoms with E-state index in [2.05, 4.69) is 0 Å². The highest BCUT2D eigenvalue weighted by atomic mass is 16.5. The van der Waals surface area contributed by atoms with Crippen LogP contribution in [0.4, 0.5) is 0 Å². The van der Waals surface area contributed by atoms with Gasteiger partial charge >= 0.3 is 0 Å². The van der Waals surface area contributed by atoms with E-state index in [0.717, 1.165) is 18.8 Å². The van der Waals surface area contributed by atoms with Crippen molar-refractivity contribution in [2.45, 2.75) is 58.5 Å². The summed E-state index contributed by atoms with van der Waals surface area (Å²) in [5.41, 5.74) is 0. The fourth-order valence-electron chi connectivity index (χ4n) is 2.00. The lowest BCUT2D eigenvalue weighted by atomic mass is 10.0. The Morgan fingerprint density at radius 3 is 2.57 bits per heavy atom. The zero-order valence-corrected chi connectivity index (χ0v) is 9.42. The molecule has 82 valence electrons. The minimum Gasteiger partial charge on any atom is -0.371 e. The Labute approximate surface area is 87.0 Å². The van der Waals surface area contributed by atoms with Gasteiger partial charge < -0.3 is 4.74 Å². The van der Waals surface area contributed by atoms with Crippen molar-refractivity contribution < 1.29 is 9.53 Å². The van der Waals surface area contributed by atoms with Gasteiger partial charge in [0.1, 0.15) is 6.61 Å². The first-order chi connectivity index (χ1) is 6.68. The molecule has 0 saturated heterocycles. The van der Waals surface area contributed by atoms with Crippen molar-refractivity contribution in [3.8, 4) is 0 Å². The molecule has 2 heteroatoms. The van der Waals surface area contributed by atoms with Crippen LogP contribution in [0.1, 0.15) is 52.4 Å². The van der Waals surface area contributed by atoms with E-state index in [0.29, 0.717) is 6.61 Å². The number of carbonyl (C=O) groups is 1. The molecule has 1 aliphatic carbocycles. The van der Waals surface area contributed by atoms with E-state index in [1.54, 1.807) is 0 Å². The Kier molecular flexibility index (Phi) is 5.16. The summed E-state index contributed by atoms with van der Waals surface area (Å²) in [6.45, 7) is 4.24. The fraction of sp³-hybridized carbons (Fsp3) is 0.917. The maximum atomic E-state index is 11.4. The van der Waals surface area contributed by atoms with Crippen LogP contribution >= 0.6 is 0 Å². The van der Waals surface area contributed by atoms with Gasteiger partial charge in [-0.2, -0.15) is 0 Å². The zero-order valence-electron chi connectivity index (χ0n) is 9.42. The van der Waals surface area contributed by atoms with Crippen molar-refractivity contribution in [2.75, 3.05) is 6.61 Å². The molecule has 0 unspecified atom stereocenters. The second kappa shape index (κ2) is 6.18. The summed E-state index contributed by atoms with van der Waals surface area (Å²) < 4.78 is 5.27. The summed E-state index contributed by atoms with van der Waals surface area (Å²) in [5, 5.41) is 0. The van der Waals surface area contributed by atoms with Crippen LogP contribution in [-0.4, -0.2) is 18.5 Å². The minimum atomic E-state index is 0.172. The molecule has 0 aliphatic heterocycles. The second-order valence-corrected chi connectivity index (χ2v) is 4.59.